The lowest BCUT2D eigenvalue weighted by Gasteiger charge is -2.09. The van der Waals surface area contributed by atoms with Gasteiger partial charge in [0.1, 0.15) is 11.6 Å². The topological polar surface area (TPSA) is 82.3 Å². The number of benzene rings is 2. The van der Waals surface area contributed by atoms with E-state index in [1.807, 2.05) is 32.0 Å². The van der Waals surface area contributed by atoms with Gasteiger partial charge in [-0.15, -0.1) is 0 Å². The summed E-state index contributed by atoms with van der Waals surface area (Å²) < 4.78 is 5.48. The third kappa shape index (κ3) is 4.40. The number of nitriles is 1. The largest absolute Gasteiger partial charge is 0.503 e. The molecule has 6 heteroatoms. The zero-order valence-electron chi connectivity index (χ0n) is 14.1. The van der Waals surface area contributed by atoms with Gasteiger partial charge in [-0.3, -0.25) is 4.79 Å². The van der Waals surface area contributed by atoms with E-state index >= 15 is 0 Å². The minimum atomic E-state index is -0.502. The molecule has 0 atom stereocenters. The lowest BCUT2D eigenvalue weighted by Crippen LogP contribution is -2.14. The van der Waals surface area contributed by atoms with E-state index in [1.54, 1.807) is 18.2 Å². The van der Waals surface area contributed by atoms with Crippen molar-refractivity contribution in [3.8, 4) is 17.6 Å². The Morgan fingerprint density at radius 3 is 2.64 bits per heavy atom. The van der Waals surface area contributed by atoms with Crippen molar-refractivity contribution in [3.05, 3.63) is 57.1 Å². The molecule has 0 saturated heterocycles. The summed E-state index contributed by atoms with van der Waals surface area (Å²) in [7, 11) is 1.42. The number of phenolic OH excluding ortho intramolecular Hbond substituents is 1. The summed E-state index contributed by atoms with van der Waals surface area (Å²) in [5.74, 6) is -0.303. The number of anilines is 1. The summed E-state index contributed by atoms with van der Waals surface area (Å²) in [5.41, 5.74) is 3.15. The van der Waals surface area contributed by atoms with E-state index in [0.717, 1.165) is 11.1 Å². The Hall–Kier alpha value is -2.78. The number of hydrogen-bond acceptors (Lipinski definition) is 4. The first-order valence-corrected chi connectivity index (χ1v) is 8.22. The Balaban J connectivity index is 2.32. The van der Waals surface area contributed by atoms with Crippen LogP contribution in [-0.4, -0.2) is 18.1 Å². The van der Waals surface area contributed by atoms with E-state index in [2.05, 4.69) is 21.2 Å². The fourth-order valence-corrected chi connectivity index (χ4v) is 2.75. The maximum atomic E-state index is 12.4. The predicted molar refractivity (Wildman–Crippen MR) is 100 cm³/mol. The van der Waals surface area contributed by atoms with Crippen molar-refractivity contribution in [2.45, 2.75) is 13.8 Å². The van der Waals surface area contributed by atoms with Crippen LogP contribution in [0.2, 0.25) is 0 Å². The van der Waals surface area contributed by atoms with Crippen LogP contribution in [0.4, 0.5) is 5.69 Å². The number of halogens is 1. The van der Waals surface area contributed by atoms with Crippen LogP contribution < -0.4 is 10.1 Å². The summed E-state index contributed by atoms with van der Waals surface area (Å²) in [4.78, 5) is 12.4. The van der Waals surface area contributed by atoms with Crippen molar-refractivity contribution in [1.82, 2.24) is 0 Å². The van der Waals surface area contributed by atoms with Crippen molar-refractivity contribution in [1.29, 1.82) is 5.26 Å². The predicted octanol–water partition coefficient (Wildman–Crippen LogP) is 4.33. The standard InChI is InChI=1S/C19H17BrN2O3/c1-11-4-5-16(12(2)6-11)22-19(24)14(10-21)7-13-8-15(20)18(23)17(9-13)25-3/h4-9,23H,1-3H3,(H,22,24)/b14-7+. The molecular formula is C19H17BrN2O3. The quantitative estimate of drug-likeness (QED) is 0.590. The highest BCUT2D eigenvalue weighted by Crippen LogP contribution is 2.35. The molecular weight excluding hydrogens is 384 g/mol. The molecule has 5 nitrogen and oxygen atoms in total. The van der Waals surface area contributed by atoms with Gasteiger partial charge in [-0.1, -0.05) is 17.7 Å². The van der Waals surface area contributed by atoms with Gasteiger partial charge in [-0.2, -0.15) is 5.26 Å². The number of rotatable bonds is 4. The molecule has 128 valence electrons. The number of amides is 1. The average Bonchev–Trinajstić information content (AvgIpc) is 2.57. The van der Waals surface area contributed by atoms with Crippen molar-refractivity contribution in [2.24, 2.45) is 0 Å². The molecule has 0 aliphatic heterocycles. The summed E-state index contributed by atoms with van der Waals surface area (Å²) in [6, 6.07) is 10.7. The average molecular weight is 401 g/mol. The van der Waals surface area contributed by atoms with Gasteiger partial charge in [0, 0.05) is 5.69 Å². The zero-order chi connectivity index (χ0) is 18.6. The highest BCUT2D eigenvalue weighted by molar-refractivity contribution is 9.10. The summed E-state index contributed by atoms with van der Waals surface area (Å²) in [6.07, 6.45) is 1.44. The Morgan fingerprint density at radius 2 is 2.04 bits per heavy atom. The lowest BCUT2D eigenvalue weighted by molar-refractivity contribution is -0.112. The monoisotopic (exact) mass is 400 g/mol. The number of ether oxygens (including phenoxy) is 1. The van der Waals surface area contributed by atoms with E-state index in [9.17, 15) is 15.2 Å². The first kappa shape index (κ1) is 18.6. The Labute approximate surface area is 154 Å². The normalized spacial score (nSPS) is 10.9. The molecule has 2 aromatic carbocycles. The molecule has 0 aliphatic carbocycles. The molecule has 1 amide bonds. The highest BCUT2D eigenvalue weighted by Gasteiger charge is 2.13. The van der Waals surface area contributed by atoms with E-state index in [-0.39, 0.29) is 17.1 Å². The Kier molecular flexibility index (Phi) is 5.84. The molecule has 2 rings (SSSR count). The molecule has 0 unspecified atom stereocenters. The lowest BCUT2D eigenvalue weighted by atomic mass is 10.1. The summed E-state index contributed by atoms with van der Waals surface area (Å²) in [5, 5.41) is 21.9. The molecule has 0 bridgehead atoms. The second-order valence-electron chi connectivity index (χ2n) is 5.50. The smallest absolute Gasteiger partial charge is 0.266 e. The number of hydrogen-bond donors (Lipinski definition) is 2. The number of phenols is 1. The van der Waals surface area contributed by atoms with E-state index in [1.165, 1.54) is 13.2 Å². The number of aromatic hydroxyl groups is 1. The van der Waals surface area contributed by atoms with E-state index in [4.69, 9.17) is 4.74 Å². The number of nitrogens with one attached hydrogen (secondary N) is 1. The SMILES string of the molecule is COc1cc(/C=C(\C#N)C(=O)Nc2ccc(C)cc2C)cc(Br)c1O. The van der Waals surface area contributed by atoms with Gasteiger partial charge >= 0.3 is 0 Å². The first-order valence-electron chi connectivity index (χ1n) is 7.42. The minimum Gasteiger partial charge on any atom is -0.503 e. The number of nitrogens with zero attached hydrogens (tertiary/aromatic N) is 1. The Bertz CT molecular complexity index is 898. The highest BCUT2D eigenvalue weighted by atomic mass is 79.9. The number of carbonyl (C=O) groups excluding carboxylic acids is 1. The van der Waals surface area contributed by atoms with Crippen LogP contribution in [-0.2, 0) is 4.79 Å². The summed E-state index contributed by atoms with van der Waals surface area (Å²) >= 11 is 3.21. The number of aryl methyl sites for hydroxylation is 2. The van der Waals surface area contributed by atoms with Crippen molar-refractivity contribution in [2.75, 3.05) is 12.4 Å². The van der Waals surface area contributed by atoms with Gasteiger partial charge in [-0.05, 0) is 65.2 Å². The minimum absolute atomic E-state index is 0.0436. The summed E-state index contributed by atoms with van der Waals surface area (Å²) in [6.45, 7) is 3.86. The molecule has 0 heterocycles. The third-order valence-corrected chi connectivity index (χ3v) is 4.18. The molecule has 0 fully saturated rings. The van der Waals surface area contributed by atoms with Crippen LogP contribution >= 0.6 is 15.9 Å². The van der Waals surface area contributed by atoms with Crippen LogP contribution in [0, 0.1) is 25.2 Å². The third-order valence-electron chi connectivity index (χ3n) is 3.58. The van der Waals surface area contributed by atoms with Crippen LogP contribution in [0.5, 0.6) is 11.5 Å². The molecule has 25 heavy (non-hydrogen) atoms. The number of carbonyl (C=O) groups is 1. The van der Waals surface area contributed by atoms with Gasteiger partial charge in [0.2, 0.25) is 0 Å². The van der Waals surface area contributed by atoms with Gasteiger partial charge in [0.25, 0.3) is 5.91 Å². The van der Waals surface area contributed by atoms with E-state index in [0.29, 0.717) is 15.7 Å². The van der Waals surface area contributed by atoms with Gasteiger partial charge < -0.3 is 15.2 Å². The van der Waals surface area contributed by atoms with Gasteiger partial charge in [0.05, 0.1) is 11.6 Å². The van der Waals surface area contributed by atoms with Gasteiger partial charge in [-0.25, -0.2) is 0 Å². The van der Waals surface area contributed by atoms with Crippen LogP contribution in [0.15, 0.2) is 40.4 Å². The Morgan fingerprint density at radius 1 is 1.32 bits per heavy atom. The zero-order valence-corrected chi connectivity index (χ0v) is 15.6. The molecule has 2 aromatic rings. The fraction of sp³-hybridized carbons (Fsp3) is 0.158. The molecule has 0 aliphatic rings. The second kappa shape index (κ2) is 7.86. The fourth-order valence-electron chi connectivity index (χ4n) is 2.29. The molecule has 0 radical (unpaired) electrons. The van der Waals surface area contributed by atoms with Crippen LogP contribution in [0.3, 0.4) is 0 Å². The first-order chi connectivity index (χ1) is 11.8. The maximum absolute atomic E-state index is 12.4. The van der Waals surface area contributed by atoms with Crippen molar-refractivity contribution < 1.29 is 14.6 Å². The second-order valence-corrected chi connectivity index (χ2v) is 6.35. The van der Waals surface area contributed by atoms with E-state index < -0.39 is 5.91 Å². The van der Waals surface area contributed by atoms with Crippen molar-refractivity contribution >= 4 is 33.6 Å². The van der Waals surface area contributed by atoms with Gasteiger partial charge in [0.15, 0.2) is 11.5 Å². The van der Waals surface area contributed by atoms with Crippen molar-refractivity contribution in [3.63, 3.8) is 0 Å². The van der Waals surface area contributed by atoms with Crippen LogP contribution in [0.1, 0.15) is 16.7 Å². The molecule has 0 aromatic heterocycles. The maximum Gasteiger partial charge on any atom is 0.266 e. The number of methoxy groups -OCH3 is 1. The van der Waals surface area contributed by atoms with Crippen LogP contribution in [0.25, 0.3) is 6.08 Å². The molecule has 0 spiro atoms. The molecule has 2 N–H and O–H groups in total. The molecule has 0 saturated carbocycles.